The van der Waals surface area contributed by atoms with Crippen LogP contribution in [0.1, 0.15) is 23.6 Å². The minimum atomic E-state index is 0.870. The summed E-state index contributed by atoms with van der Waals surface area (Å²) >= 11 is 0. The van der Waals surface area contributed by atoms with Crippen molar-refractivity contribution in [1.29, 1.82) is 0 Å². The van der Waals surface area contributed by atoms with E-state index >= 15 is 0 Å². The van der Waals surface area contributed by atoms with E-state index in [-0.39, 0.29) is 0 Å². The number of nitrogens with zero attached hydrogens (tertiary/aromatic N) is 3. The van der Waals surface area contributed by atoms with Crippen LogP contribution in [0, 0.1) is 6.92 Å². The second-order valence-corrected chi connectivity index (χ2v) is 6.63. The summed E-state index contributed by atoms with van der Waals surface area (Å²) in [4.78, 5) is 2.50. The number of hydrogen-bond donors (Lipinski definition) is 0. The van der Waals surface area contributed by atoms with Crippen molar-refractivity contribution in [3.05, 3.63) is 65.2 Å². The molecule has 2 aromatic rings. The molecule has 0 atom stereocenters. The van der Waals surface area contributed by atoms with Gasteiger partial charge in [-0.1, -0.05) is 42.0 Å². The molecule has 0 saturated carbocycles. The average molecular weight is 337 g/mol. The number of piperazine rings is 1. The van der Waals surface area contributed by atoms with Gasteiger partial charge in [-0.05, 0) is 31.5 Å². The van der Waals surface area contributed by atoms with Gasteiger partial charge in [0.1, 0.15) is 5.75 Å². The molecule has 0 unspecified atom stereocenters. The number of aryl methyl sites for hydroxylation is 1. The molecule has 1 aliphatic rings. The summed E-state index contributed by atoms with van der Waals surface area (Å²) in [5, 5.41) is 6.98. The van der Waals surface area contributed by atoms with Gasteiger partial charge in [0.15, 0.2) is 0 Å². The van der Waals surface area contributed by atoms with Crippen molar-refractivity contribution in [2.45, 2.75) is 20.4 Å². The van der Waals surface area contributed by atoms with Crippen LogP contribution < -0.4 is 4.74 Å². The maximum atomic E-state index is 5.30. The van der Waals surface area contributed by atoms with Crippen molar-refractivity contribution in [3.8, 4) is 5.75 Å². The molecule has 1 aliphatic heterocycles. The summed E-state index contributed by atoms with van der Waals surface area (Å²) in [7, 11) is 1.69. The minimum absolute atomic E-state index is 0.870. The Morgan fingerprint density at radius 2 is 1.76 bits per heavy atom. The van der Waals surface area contributed by atoms with Gasteiger partial charge in [0.2, 0.25) is 0 Å². The van der Waals surface area contributed by atoms with E-state index in [2.05, 4.69) is 54.1 Å². The van der Waals surface area contributed by atoms with E-state index < -0.39 is 0 Å². The fourth-order valence-corrected chi connectivity index (χ4v) is 3.07. The first-order chi connectivity index (χ1) is 12.1. The standard InChI is InChI=1S/C21H27N3O/c1-17-7-9-19(10-8-17)16-23-11-13-24(14-12-23)22-18(2)20-5-4-6-21(15-20)25-3/h4-10,15H,11-14,16H2,1-3H3. The Morgan fingerprint density at radius 1 is 1.04 bits per heavy atom. The third-order valence-electron chi connectivity index (χ3n) is 4.65. The fourth-order valence-electron chi connectivity index (χ4n) is 3.07. The normalized spacial score (nSPS) is 16.1. The molecule has 0 aliphatic carbocycles. The summed E-state index contributed by atoms with van der Waals surface area (Å²) in [5.74, 6) is 0.870. The van der Waals surface area contributed by atoms with Crippen molar-refractivity contribution in [3.63, 3.8) is 0 Å². The topological polar surface area (TPSA) is 28.1 Å². The molecule has 25 heavy (non-hydrogen) atoms. The molecule has 4 heteroatoms. The summed E-state index contributed by atoms with van der Waals surface area (Å²) < 4.78 is 5.30. The lowest BCUT2D eigenvalue weighted by Gasteiger charge is -2.33. The zero-order valence-corrected chi connectivity index (χ0v) is 15.4. The molecule has 0 N–H and O–H groups in total. The van der Waals surface area contributed by atoms with Gasteiger partial charge in [-0.15, -0.1) is 0 Å². The van der Waals surface area contributed by atoms with E-state index in [1.165, 1.54) is 11.1 Å². The quantitative estimate of drug-likeness (QED) is 0.781. The molecule has 0 aromatic heterocycles. The van der Waals surface area contributed by atoms with E-state index in [9.17, 15) is 0 Å². The predicted molar refractivity (Wildman–Crippen MR) is 103 cm³/mol. The van der Waals surface area contributed by atoms with E-state index in [4.69, 9.17) is 9.84 Å². The molecule has 0 bridgehead atoms. The zero-order valence-electron chi connectivity index (χ0n) is 15.4. The number of benzene rings is 2. The third-order valence-corrected chi connectivity index (χ3v) is 4.65. The monoisotopic (exact) mass is 337 g/mol. The molecule has 3 rings (SSSR count). The molecular formula is C21H27N3O. The first-order valence-electron chi connectivity index (χ1n) is 8.86. The number of hydrazone groups is 1. The van der Waals surface area contributed by atoms with Gasteiger partial charge in [-0.2, -0.15) is 5.10 Å². The first kappa shape index (κ1) is 17.5. The Kier molecular flexibility index (Phi) is 5.71. The van der Waals surface area contributed by atoms with E-state index in [0.717, 1.165) is 49.7 Å². The molecule has 0 spiro atoms. The van der Waals surface area contributed by atoms with Gasteiger partial charge in [0, 0.05) is 38.3 Å². The van der Waals surface area contributed by atoms with Crippen molar-refractivity contribution in [2.75, 3.05) is 33.3 Å². The van der Waals surface area contributed by atoms with Crippen molar-refractivity contribution < 1.29 is 4.74 Å². The lowest BCUT2D eigenvalue weighted by atomic mass is 10.1. The SMILES string of the molecule is COc1cccc(C(C)=NN2CCN(Cc3ccc(C)cc3)CC2)c1. The Balaban J connectivity index is 1.55. The summed E-state index contributed by atoms with van der Waals surface area (Å²) in [6, 6.07) is 16.9. The lowest BCUT2D eigenvalue weighted by Crippen LogP contribution is -2.43. The third kappa shape index (κ3) is 4.83. The molecule has 1 saturated heterocycles. The summed E-state index contributed by atoms with van der Waals surface area (Å²) in [6.07, 6.45) is 0. The summed E-state index contributed by atoms with van der Waals surface area (Å²) in [6.45, 7) is 9.23. The van der Waals surface area contributed by atoms with Crippen LogP contribution in [0.4, 0.5) is 0 Å². The van der Waals surface area contributed by atoms with Crippen LogP contribution in [0.2, 0.25) is 0 Å². The first-order valence-corrected chi connectivity index (χ1v) is 8.86. The lowest BCUT2D eigenvalue weighted by molar-refractivity contribution is 0.130. The van der Waals surface area contributed by atoms with Gasteiger partial charge in [-0.3, -0.25) is 9.91 Å². The van der Waals surface area contributed by atoms with Gasteiger partial charge in [-0.25, -0.2) is 0 Å². The molecular weight excluding hydrogens is 310 g/mol. The van der Waals surface area contributed by atoms with Crippen LogP contribution in [-0.4, -0.2) is 48.9 Å². The van der Waals surface area contributed by atoms with Gasteiger partial charge in [0.25, 0.3) is 0 Å². The second-order valence-electron chi connectivity index (χ2n) is 6.63. The van der Waals surface area contributed by atoms with Crippen LogP contribution in [0.3, 0.4) is 0 Å². The molecule has 1 heterocycles. The second kappa shape index (κ2) is 8.17. The maximum Gasteiger partial charge on any atom is 0.119 e. The predicted octanol–water partition coefficient (Wildman–Crippen LogP) is 3.55. The number of hydrogen-bond acceptors (Lipinski definition) is 4. The van der Waals surface area contributed by atoms with Crippen molar-refractivity contribution in [1.82, 2.24) is 9.91 Å². The Morgan fingerprint density at radius 3 is 2.44 bits per heavy atom. The maximum absolute atomic E-state index is 5.30. The smallest absolute Gasteiger partial charge is 0.119 e. The number of methoxy groups -OCH3 is 1. The molecule has 2 aromatic carbocycles. The van der Waals surface area contributed by atoms with E-state index in [1.54, 1.807) is 7.11 Å². The van der Waals surface area contributed by atoms with Crippen LogP contribution in [0.25, 0.3) is 0 Å². The summed E-state index contributed by atoms with van der Waals surface area (Å²) in [5.41, 5.74) is 4.85. The molecule has 4 nitrogen and oxygen atoms in total. The average Bonchev–Trinajstić information content (AvgIpc) is 2.65. The van der Waals surface area contributed by atoms with Gasteiger partial charge >= 0.3 is 0 Å². The highest BCUT2D eigenvalue weighted by Crippen LogP contribution is 2.15. The highest BCUT2D eigenvalue weighted by Gasteiger charge is 2.16. The van der Waals surface area contributed by atoms with Crippen molar-refractivity contribution >= 4 is 5.71 Å². The van der Waals surface area contributed by atoms with Gasteiger partial charge in [0.05, 0.1) is 12.8 Å². The number of rotatable bonds is 5. The van der Waals surface area contributed by atoms with Crippen LogP contribution in [0.15, 0.2) is 53.6 Å². The highest BCUT2D eigenvalue weighted by atomic mass is 16.5. The zero-order chi connectivity index (χ0) is 17.6. The Labute approximate surface area is 150 Å². The van der Waals surface area contributed by atoms with E-state index in [0.29, 0.717) is 0 Å². The molecule has 1 fully saturated rings. The minimum Gasteiger partial charge on any atom is -0.497 e. The molecule has 132 valence electrons. The Bertz CT molecular complexity index is 716. The number of ether oxygens (including phenoxy) is 1. The molecule has 0 amide bonds. The fraction of sp³-hybridized carbons (Fsp3) is 0.381. The van der Waals surface area contributed by atoms with Gasteiger partial charge < -0.3 is 4.74 Å². The largest absolute Gasteiger partial charge is 0.497 e. The molecule has 0 radical (unpaired) electrons. The van der Waals surface area contributed by atoms with Crippen LogP contribution in [-0.2, 0) is 6.54 Å². The highest BCUT2D eigenvalue weighted by molar-refractivity contribution is 5.98. The Hall–Kier alpha value is -2.33. The van der Waals surface area contributed by atoms with Crippen molar-refractivity contribution in [2.24, 2.45) is 5.10 Å². The van der Waals surface area contributed by atoms with Crippen LogP contribution >= 0.6 is 0 Å². The van der Waals surface area contributed by atoms with Crippen LogP contribution in [0.5, 0.6) is 5.75 Å². The van der Waals surface area contributed by atoms with E-state index in [1.807, 2.05) is 18.2 Å².